The van der Waals surface area contributed by atoms with Crippen LogP contribution in [0.4, 0.5) is 11.5 Å². The third-order valence-corrected chi connectivity index (χ3v) is 6.22. The Hall–Kier alpha value is -3.98. The summed E-state index contributed by atoms with van der Waals surface area (Å²) in [5.74, 6) is 1.16. The van der Waals surface area contributed by atoms with Crippen LogP contribution in [0.25, 0.3) is 22.3 Å². The lowest BCUT2D eigenvalue weighted by Crippen LogP contribution is -2.34. The number of rotatable bonds is 6. The van der Waals surface area contributed by atoms with Crippen molar-refractivity contribution in [2.45, 2.75) is 12.5 Å². The molecule has 174 valence electrons. The van der Waals surface area contributed by atoms with Crippen LogP contribution in [0.15, 0.2) is 55.1 Å². The molecule has 2 N–H and O–H groups in total. The molecule has 9 heteroatoms. The van der Waals surface area contributed by atoms with Crippen molar-refractivity contribution in [1.29, 1.82) is 0 Å². The van der Waals surface area contributed by atoms with E-state index in [0.29, 0.717) is 34.6 Å². The number of methoxy groups -OCH3 is 1. The predicted octanol–water partition coefficient (Wildman–Crippen LogP) is 3.55. The number of fused-ring (bicyclic) bond motifs is 1. The molecule has 1 aliphatic heterocycles. The number of anilines is 2. The molecule has 0 aliphatic carbocycles. The number of aromatic nitrogens is 4. The number of hydrogen-bond donors (Lipinski definition) is 2. The zero-order valence-electron chi connectivity index (χ0n) is 19.4. The summed E-state index contributed by atoms with van der Waals surface area (Å²) >= 11 is 0. The standard InChI is InChI=1S/C25H27N7O2/c1-31(2)18-7-9-32(15-18)25(33)16-4-5-20(23(11-16)34-3)29-24-14-27-13-22(30-24)21-10-17-12-26-8-6-19(17)28-21/h4-6,8,10-14,18,28H,7,9,15H2,1-3H3,(H,29,30)/t18-/m1/s1. The van der Waals surface area contributed by atoms with E-state index in [4.69, 9.17) is 9.72 Å². The van der Waals surface area contributed by atoms with Crippen LogP contribution in [0.5, 0.6) is 5.75 Å². The maximum absolute atomic E-state index is 13.0. The van der Waals surface area contributed by atoms with E-state index in [0.717, 1.165) is 36.1 Å². The van der Waals surface area contributed by atoms with Crippen molar-refractivity contribution in [3.05, 3.63) is 60.7 Å². The van der Waals surface area contributed by atoms with Gasteiger partial charge in [0.15, 0.2) is 0 Å². The van der Waals surface area contributed by atoms with E-state index in [1.807, 2.05) is 29.2 Å². The summed E-state index contributed by atoms with van der Waals surface area (Å²) in [4.78, 5) is 33.6. The monoisotopic (exact) mass is 457 g/mol. The van der Waals surface area contributed by atoms with Gasteiger partial charge in [0, 0.05) is 48.0 Å². The van der Waals surface area contributed by atoms with Gasteiger partial charge in [-0.25, -0.2) is 4.98 Å². The van der Waals surface area contributed by atoms with E-state index < -0.39 is 0 Å². The number of amides is 1. The molecule has 1 saturated heterocycles. The number of carbonyl (C=O) groups excluding carboxylic acids is 1. The molecule has 0 spiro atoms. The highest BCUT2D eigenvalue weighted by molar-refractivity contribution is 5.95. The highest BCUT2D eigenvalue weighted by Gasteiger charge is 2.28. The number of hydrogen-bond acceptors (Lipinski definition) is 7. The van der Waals surface area contributed by atoms with E-state index in [1.165, 1.54) is 0 Å². The zero-order valence-corrected chi connectivity index (χ0v) is 19.4. The molecule has 1 amide bonds. The minimum atomic E-state index is 0.0179. The first-order valence-electron chi connectivity index (χ1n) is 11.2. The molecule has 1 fully saturated rings. The van der Waals surface area contributed by atoms with Gasteiger partial charge >= 0.3 is 0 Å². The molecule has 3 aromatic heterocycles. The van der Waals surface area contributed by atoms with Crippen molar-refractivity contribution in [3.63, 3.8) is 0 Å². The lowest BCUT2D eigenvalue weighted by molar-refractivity contribution is 0.0782. The molecule has 34 heavy (non-hydrogen) atoms. The summed E-state index contributed by atoms with van der Waals surface area (Å²) in [6, 6.07) is 9.75. The van der Waals surface area contributed by atoms with Crippen molar-refractivity contribution in [2.24, 2.45) is 0 Å². The summed E-state index contributed by atoms with van der Waals surface area (Å²) < 4.78 is 5.58. The molecule has 1 aromatic carbocycles. The summed E-state index contributed by atoms with van der Waals surface area (Å²) in [7, 11) is 5.69. The molecular formula is C25H27N7O2. The Bertz CT molecular complexity index is 1300. The van der Waals surface area contributed by atoms with Crippen LogP contribution >= 0.6 is 0 Å². The number of carbonyl (C=O) groups is 1. The third-order valence-electron chi connectivity index (χ3n) is 6.22. The first-order chi connectivity index (χ1) is 16.5. The van der Waals surface area contributed by atoms with Crippen molar-refractivity contribution in [1.82, 2.24) is 29.7 Å². The maximum atomic E-state index is 13.0. The smallest absolute Gasteiger partial charge is 0.254 e. The Labute approximate surface area is 197 Å². The molecule has 0 saturated carbocycles. The highest BCUT2D eigenvalue weighted by Crippen LogP contribution is 2.30. The number of pyridine rings is 1. The Morgan fingerprint density at radius 2 is 2.06 bits per heavy atom. The lowest BCUT2D eigenvalue weighted by atomic mass is 10.1. The third kappa shape index (κ3) is 4.29. The number of H-pyrrole nitrogens is 1. The SMILES string of the molecule is COc1cc(C(=O)N2CC[C@@H](N(C)C)C2)ccc1Nc1cncc(-c2cc3cnccc3[nH]2)n1. The van der Waals surface area contributed by atoms with Gasteiger partial charge in [0.25, 0.3) is 5.91 Å². The number of likely N-dealkylation sites (tertiary alicyclic amines) is 1. The van der Waals surface area contributed by atoms with Crippen LogP contribution in [-0.2, 0) is 0 Å². The molecule has 0 unspecified atom stereocenters. The number of nitrogens with zero attached hydrogens (tertiary/aromatic N) is 5. The second-order valence-corrected chi connectivity index (χ2v) is 8.63. The topological polar surface area (TPSA) is 99.3 Å². The molecule has 4 aromatic rings. The minimum Gasteiger partial charge on any atom is -0.495 e. The van der Waals surface area contributed by atoms with Crippen molar-refractivity contribution in [2.75, 3.05) is 39.6 Å². The summed E-state index contributed by atoms with van der Waals surface area (Å²) in [6.45, 7) is 1.50. The molecule has 0 bridgehead atoms. The average Bonchev–Trinajstić information content (AvgIpc) is 3.52. The second kappa shape index (κ2) is 9.11. The maximum Gasteiger partial charge on any atom is 0.254 e. The van der Waals surface area contributed by atoms with Gasteiger partial charge in [-0.2, -0.15) is 0 Å². The lowest BCUT2D eigenvalue weighted by Gasteiger charge is -2.21. The van der Waals surface area contributed by atoms with Gasteiger partial charge < -0.3 is 24.8 Å². The summed E-state index contributed by atoms with van der Waals surface area (Å²) in [5, 5.41) is 4.28. The normalized spacial score (nSPS) is 15.8. The highest BCUT2D eigenvalue weighted by atomic mass is 16.5. The van der Waals surface area contributed by atoms with Crippen LogP contribution in [-0.4, -0.2) is 76.0 Å². The second-order valence-electron chi connectivity index (χ2n) is 8.63. The van der Waals surface area contributed by atoms with Gasteiger partial charge in [0.1, 0.15) is 17.3 Å². The fraction of sp³-hybridized carbons (Fsp3) is 0.280. The van der Waals surface area contributed by atoms with Crippen LogP contribution in [0.2, 0.25) is 0 Å². The largest absolute Gasteiger partial charge is 0.495 e. The zero-order chi connectivity index (χ0) is 23.7. The van der Waals surface area contributed by atoms with Gasteiger partial charge in [0.2, 0.25) is 0 Å². The van der Waals surface area contributed by atoms with Gasteiger partial charge in [0.05, 0.1) is 30.9 Å². The fourth-order valence-corrected chi connectivity index (χ4v) is 4.26. The number of ether oxygens (including phenoxy) is 1. The molecule has 1 atom stereocenters. The Morgan fingerprint density at radius 1 is 1.18 bits per heavy atom. The Kier molecular flexibility index (Phi) is 5.85. The molecule has 4 heterocycles. The number of nitrogens with one attached hydrogen (secondary N) is 2. The first kappa shape index (κ1) is 21.8. The van der Waals surface area contributed by atoms with Crippen molar-refractivity contribution >= 4 is 28.3 Å². The molecule has 1 aliphatic rings. The van der Waals surface area contributed by atoms with Crippen LogP contribution in [0, 0.1) is 0 Å². The van der Waals surface area contributed by atoms with E-state index >= 15 is 0 Å². The van der Waals surface area contributed by atoms with E-state index in [2.05, 4.69) is 39.3 Å². The first-order valence-corrected chi connectivity index (χ1v) is 11.2. The van der Waals surface area contributed by atoms with Crippen molar-refractivity contribution in [3.8, 4) is 17.1 Å². The summed E-state index contributed by atoms with van der Waals surface area (Å²) in [6.07, 6.45) is 7.90. The number of benzene rings is 1. The number of aromatic amines is 1. The van der Waals surface area contributed by atoms with Gasteiger partial charge in [-0.1, -0.05) is 0 Å². The van der Waals surface area contributed by atoms with Crippen molar-refractivity contribution < 1.29 is 9.53 Å². The van der Waals surface area contributed by atoms with Gasteiger partial charge in [-0.05, 0) is 50.8 Å². The Morgan fingerprint density at radius 3 is 2.82 bits per heavy atom. The van der Waals surface area contributed by atoms with Crippen LogP contribution < -0.4 is 10.1 Å². The quantitative estimate of drug-likeness (QED) is 0.457. The molecular weight excluding hydrogens is 430 g/mol. The van der Waals surface area contributed by atoms with E-state index in [9.17, 15) is 4.79 Å². The Balaban J connectivity index is 1.35. The van der Waals surface area contributed by atoms with E-state index in [-0.39, 0.29) is 5.91 Å². The van der Waals surface area contributed by atoms with Crippen LogP contribution in [0.1, 0.15) is 16.8 Å². The van der Waals surface area contributed by atoms with E-state index in [1.54, 1.807) is 38.0 Å². The number of likely N-dealkylation sites (N-methyl/N-ethyl adjacent to an activating group) is 1. The van der Waals surface area contributed by atoms with Gasteiger partial charge in [-0.3, -0.25) is 14.8 Å². The molecule has 0 radical (unpaired) electrons. The molecule has 5 rings (SSSR count). The molecule has 9 nitrogen and oxygen atoms in total. The summed E-state index contributed by atoms with van der Waals surface area (Å²) in [5.41, 5.74) is 3.86. The van der Waals surface area contributed by atoms with Crippen LogP contribution in [0.3, 0.4) is 0 Å². The fourth-order valence-electron chi connectivity index (χ4n) is 4.26. The predicted molar refractivity (Wildman–Crippen MR) is 131 cm³/mol. The van der Waals surface area contributed by atoms with Gasteiger partial charge in [-0.15, -0.1) is 0 Å². The average molecular weight is 458 g/mol. The minimum absolute atomic E-state index is 0.0179.